The number of hydrogen-bond acceptors (Lipinski definition) is 2. The minimum atomic E-state index is 0.994. The van der Waals surface area contributed by atoms with Gasteiger partial charge in [0.15, 0.2) is 0 Å². The second-order valence-corrected chi connectivity index (χ2v) is 11.0. The molecule has 0 bridgehead atoms. The van der Waals surface area contributed by atoms with Gasteiger partial charge in [-0.3, -0.25) is 9.98 Å². The molecule has 2 aromatic carbocycles. The molecule has 0 saturated carbocycles. The lowest BCUT2D eigenvalue weighted by molar-refractivity contribution is 0.616. The summed E-state index contributed by atoms with van der Waals surface area (Å²) < 4.78 is 0. The summed E-state index contributed by atoms with van der Waals surface area (Å²) >= 11 is 0. The highest BCUT2D eigenvalue weighted by atomic mass is 14.8. The standard InChI is InChI=1S/C36H56N2/c1-4-7-10-13-16-19-26-36(38-35-28-21-25-33(30-35)23-18-15-12-9-6-3)31-37-34-27-20-24-32(29-34)22-17-14-11-8-5-2/h20-21,24-25,27-31H,4-19,22-23,26H2,1-3H3. The van der Waals surface area contributed by atoms with Crippen molar-refractivity contribution in [2.75, 3.05) is 0 Å². The van der Waals surface area contributed by atoms with E-state index >= 15 is 0 Å². The second-order valence-electron chi connectivity index (χ2n) is 11.0. The Morgan fingerprint density at radius 2 is 1.03 bits per heavy atom. The van der Waals surface area contributed by atoms with Crippen molar-refractivity contribution >= 4 is 23.3 Å². The second kappa shape index (κ2) is 21.7. The fourth-order valence-electron chi connectivity index (χ4n) is 4.99. The topological polar surface area (TPSA) is 24.7 Å². The number of aliphatic imine (C=N–C) groups is 2. The lowest BCUT2D eigenvalue weighted by atomic mass is 10.0. The zero-order valence-corrected chi connectivity index (χ0v) is 25.0. The normalized spacial score (nSPS) is 12.0. The molecule has 0 radical (unpaired) electrons. The summed E-state index contributed by atoms with van der Waals surface area (Å²) in [6.07, 6.45) is 26.3. The van der Waals surface area contributed by atoms with E-state index in [4.69, 9.17) is 9.98 Å². The average Bonchev–Trinajstić information content (AvgIpc) is 2.93. The van der Waals surface area contributed by atoms with E-state index in [9.17, 15) is 0 Å². The SMILES string of the molecule is CCCCCCCCC(C=Nc1cccc(CCCCCCC)c1)=Nc1cccc(CCCCCCC)c1. The number of rotatable bonds is 22. The molecule has 2 aromatic rings. The fraction of sp³-hybridized carbons (Fsp3) is 0.611. The van der Waals surface area contributed by atoms with E-state index in [1.54, 1.807) is 0 Å². The predicted octanol–water partition coefficient (Wildman–Crippen LogP) is 11.9. The van der Waals surface area contributed by atoms with Gasteiger partial charge in [-0.05, 0) is 73.9 Å². The molecule has 2 nitrogen and oxygen atoms in total. The van der Waals surface area contributed by atoms with Crippen molar-refractivity contribution in [3.63, 3.8) is 0 Å². The summed E-state index contributed by atoms with van der Waals surface area (Å²) in [5, 5.41) is 0. The highest BCUT2D eigenvalue weighted by Gasteiger charge is 2.02. The molecule has 2 heteroatoms. The molecule has 0 N–H and O–H groups in total. The summed E-state index contributed by atoms with van der Waals surface area (Å²) in [5.74, 6) is 0. The van der Waals surface area contributed by atoms with Crippen LogP contribution in [0.25, 0.3) is 0 Å². The Morgan fingerprint density at radius 3 is 1.61 bits per heavy atom. The number of aryl methyl sites for hydroxylation is 2. The Labute approximate surface area is 235 Å². The molecule has 0 saturated heterocycles. The van der Waals surface area contributed by atoms with E-state index in [1.165, 1.54) is 114 Å². The van der Waals surface area contributed by atoms with E-state index in [-0.39, 0.29) is 0 Å². The molecular formula is C36H56N2. The summed E-state index contributed by atoms with van der Waals surface area (Å²) in [6, 6.07) is 17.7. The fourth-order valence-corrected chi connectivity index (χ4v) is 4.99. The van der Waals surface area contributed by atoms with Gasteiger partial charge in [0.2, 0.25) is 0 Å². The van der Waals surface area contributed by atoms with Gasteiger partial charge < -0.3 is 0 Å². The lowest BCUT2D eigenvalue weighted by Crippen LogP contribution is -2.00. The number of unbranched alkanes of at least 4 members (excludes halogenated alkanes) is 13. The minimum absolute atomic E-state index is 0.994. The first-order valence-corrected chi connectivity index (χ1v) is 16.0. The van der Waals surface area contributed by atoms with Crippen molar-refractivity contribution < 1.29 is 0 Å². The van der Waals surface area contributed by atoms with Gasteiger partial charge >= 0.3 is 0 Å². The van der Waals surface area contributed by atoms with Crippen molar-refractivity contribution in [2.45, 2.75) is 143 Å². The molecule has 0 aliphatic heterocycles. The van der Waals surface area contributed by atoms with E-state index in [2.05, 4.69) is 69.3 Å². The van der Waals surface area contributed by atoms with Gasteiger partial charge in [0, 0.05) is 6.21 Å². The Balaban J connectivity index is 2.04. The van der Waals surface area contributed by atoms with Gasteiger partial charge in [0.1, 0.15) is 0 Å². The van der Waals surface area contributed by atoms with Crippen molar-refractivity contribution in [1.82, 2.24) is 0 Å². The predicted molar refractivity (Wildman–Crippen MR) is 171 cm³/mol. The molecule has 0 aromatic heterocycles. The number of benzene rings is 2. The maximum Gasteiger partial charge on any atom is 0.0636 e. The quantitative estimate of drug-likeness (QED) is 0.110. The van der Waals surface area contributed by atoms with Crippen molar-refractivity contribution in [3.05, 3.63) is 59.7 Å². The van der Waals surface area contributed by atoms with Crippen LogP contribution in [0.3, 0.4) is 0 Å². The Hall–Kier alpha value is -2.22. The van der Waals surface area contributed by atoms with Crippen LogP contribution in [0.1, 0.15) is 141 Å². The van der Waals surface area contributed by atoms with E-state index in [0.29, 0.717) is 0 Å². The zero-order valence-electron chi connectivity index (χ0n) is 25.0. The van der Waals surface area contributed by atoms with Crippen LogP contribution in [-0.2, 0) is 12.8 Å². The third-order valence-electron chi connectivity index (χ3n) is 7.38. The third kappa shape index (κ3) is 15.3. The van der Waals surface area contributed by atoms with E-state index in [0.717, 1.165) is 36.3 Å². The molecule has 0 unspecified atom stereocenters. The van der Waals surface area contributed by atoms with E-state index < -0.39 is 0 Å². The summed E-state index contributed by atoms with van der Waals surface area (Å²) in [6.45, 7) is 6.83. The van der Waals surface area contributed by atoms with Gasteiger partial charge in [0.05, 0.1) is 17.1 Å². The average molecular weight is 517 g/mol. The molecular weight excluding hydrogens is 460 g/mol. The van der Waals surface area contributed by atoms with Crippen LogP contribution >= 0.6 is 0 Å². The van der Waals surface area contributed by atoms with Gasteiger partial charge in [-0.2, -0.15) is 0 Å². The number of hydrogen-bond donors (Lipinski definition) is 0. The van der Waals surface area contributed by atoms with Gasteiger partial charge in [-0.1, -0.05) is 129 Å². The molecule has 2 rings (SSSR count). The van der Waals surface area contributed by atoms with Crippen LogP contribution in [0.2, 0.25) is 0 Å². The first kappa shape index (κ1) is 32.0. The zero-order chi connectivity index (χ0) is 27.1. The molecule has 0 amide bonds. The Bertz CT molecular complexity index is 911. The molecule has 0 aliphatic rings. The lowest BCUT2D eigenvalue weighted by Gasteiger charge is -2.06. The summed E-state index contributed by atoms with van der Waals surface area (Å²) in [7, 11) is 0. The van der Waals surface area contributed by atoms with Gasteiger partial charge in [-0.25, -0.2) is 0 Å². The largest absolute Gasteiger partial charge is 0.255 e. The third-order valence-corrected chi connectivity index (χ3v) is 7.38. The van der Waals surface area contributed by atoms with Crippen LogP contribution in [0.5, 0.6) is 0 Å². The maximum absolute atomic E-state index is 5.09. The summed E-state index contributed by atoms with van der Waals surface area (Å²) in [5.41, 5.74) is 6.03. The maximum atomic E-state index is 5.09. The molecule has 210 valence electrons. The van der Waals surface area contributed by atoms with Crippen molar-refractivity contribution in [3.8, 4) is 0 Å². The summed E-state index contributed by atoms with van der Waals surface area (Å²) in [4.78, 5) is 9.99. The van der Waals surface area contributed by atoms with Gasteiger partial charge in [-0.15, -0.1) is 0 Å². The van der Waals surface area contributed by atoms with Crippen molar-refractivity contribution in [1.29, 1.82) is 0 Å². The molecule has 0 aliphatic carbocycles. The first-order chi connectivity index (χ1) is 18.7. The highest BCUT2D eigenvalue weighted by molar-refractivity contribution is 6.31. The molecule has 0 spiro atoms. The van der Waals surface area contributed by atoms with E-state index in [1.807, 2.05) is 6.21 Å². The minimum Gasteiger partial charge on any atom is -0.255 e. The molecule has 38 heavy (non-hydrogen) atoms. The molecule has 0 atom stereocenters. The monoisotopic (exact) mass is 516 g/mol. The highest BCUT2D eigenvalue weighted by Crippen LogP contribution is 2.20. The van der Waals surface area contributed by atoms with Gasteiger partial charge in [0.25, 0.3) is 0 Å². The molecule has 0 heterocycles. The smallest absolute Gasteiger partial charge is 0.0636 e. The van der Waals surface area contributed by atoms with Crippen LogP contribution in [0, 0.1) is 0 Å². The Morgan fingerprint density at radius 1 is 0.553 bits per heavy atom. The van der Waals surface area contributed by atoms with Crippen LogP contribution in [0.4, 0.5) is 11.4 Å². The van der Waals surface area contributed by atoms with Crippen molar-refractivity contribution in [2.24, 2.45) is 9.98 Å². The molecule has 0 fully saturated rings. The van der Waals surface area contributed by atoms with Crippen LogP contribution in [-0.4, -0.2) is 11.9 Å². The van der Waals surface area contributed by atoms with Crippen LogP contribution in [0.15, 0.2) is 58.5 Å². The van der Waals surface area contributed by atoms with Crippen LogP contribution < -0.4 is 0 Å². The number of nitrogens with zero attached hydrogens (tertiary/aromatic N) is 2. The Kier molecular flexibility index (Phi) is 18.3. The first-order valence-electron chi connectivity index (χ1n) is 16.0.